The molecule has 4 N–H and O–H groups in total. The van der Waals surface area contributed by atoms with E-state index in [1.165, 1.54) is 19.2 Å². The lowest BCUT2D eigenvalue weighted by Crippen LogP contribution is -2.16. The normalized spacial score (nSPS) is 11.8. The summed E-state index contributed by atoms with van der Waals surface area (Å²) in [6.07, 6.45) is -3.02. The fourth-order valence-electron chi connectivity index (χ4n) is 3.09. The number of methoxy groups -OCH3 is 1. The number of nitrogens with zero attached hydrogens (tertiary/aromatic N) is 2. The number of rotatable bonds is 12. The van der Waals surface area contributed by atoms with Gasteiger partial charge in [-0.2, -0.15) is 18.2 Å². The van der Waals surface area contributed by atoms with E-state index in [1.807, 2.05) is 6.92 Å². The largest absolute Gasteiger partial charge is 0.494 e. The molecule has 12 heteroatoms. The van der Waals surface area contributed by atoms with Crippen molar-refractivity contribution in [2.45, 2.75) is 32.5 Å². The number of pyridine rings is 1. The van der Waals surface area contributed by atoms with E-state index in [4.69, 9.17) is 24.6 Å². The SMILES string of the molecule is CCONOCCCCNc1nc(-c2ccc(OC)c3nc(C(F)(F)F)ccc23)oc1CN. The molecule has 1 aromatic carbocycles. The molecule has 0 spiro atoms. The molecule has 0 unspecified atom stereocenters. The lowest BCUT2D eigenvalue weighted by atomic mass is 10.1. The first kappa shape index (κ1) is 24.7. The van der Waals surface area contributed by atoms with Crippen molar-refractivity contribution < 1.29 is 32.0 Å². The first-order chi connectivity index (χ1) is 15.9. The highest BCUT2D eigenvalue weighted by atomic mass is 19.4. The van der Waals surface area contributed by atoms with E-state index in [2.05, 4.69) is 20.9 Å². The van der Waals surface area contributed by atoms with Crippen LogP contribution in [0.3, 0.4) is 0 Å². The lowest BCUT2D eigenvalue weighted by molar-refractivity contribution is -0.167. The standard InChI is InChI=1S/C21H26F3N5O4/c1-3-31-29-32-11-5-4-10-26-19-16(12-25)33-20(28-19)14-6-8-15(30-2)18-13(14)7-9-17(27-18)21(22,23)24/h6-9,26,29H,3-5,10-12,25H2,1-2H3. The van der Waals surface area contributed by atoms with Gasteiger partial charge in [-0.1, -0.05) is 5.64 Å². The molecule has 0 saturated heterocycles. The second-order valence-corrected chi connectivity index (χ2v) is 6.90. The van der Waals surface area contributed by atoms with Crippen LogP contribution in [0.4, 0.5) is 19.0 Å². The predicted molar refractivity (Wildman–Crippen MR) is 115 cm³/mol. The Morgan fingerprint density at radius 3 is 2.61 bits per heavy atom. The van der Waals surface area contributed by atoms with Gasteiger partial charge >= 0.3 is 6.18 Å². The minimum absolute atomic E-state index is 0.0625. The number of nitrogens with one attached hydrogen (secondary N) is 2. The Kier molecular flexibility index (Phi) is 8.44. The average Bonchev–Trinajstić information content (AvgIpc) is 3.22. The quantitative estimate of drug-likeness (QED) is 0.267. The molecule has 3 rings (SSSR count). The molecule has 0 amide bonds. The van der Waals surface area contributed by atoms with Crippen LogP contribution >= 0.6 is 0 Å². The number of alkyl halides is 3. The van der Waals surface area contributed by atoms with Gasteiger partial charge in [-0.15, -0.1) is 0 Å². The predicted octanol–water partition coefficient (Wildman–Crippen LogP) is 4.04. The second kappa shape index (κ2) is 11.3. The van der Waals surface area contributed by atoms with Crippen molar-refractivity contribution in [2.75, 3.05) is 32.2 Å². The van der Waals surface area contributed by atoms with E-state index in [1.54, 1.807) is 6.07 Å². The van der Waals surface area contributed by atoms with Gasteiger partial charge in [0.15, 0.2) is 11.6 Å². The van der Waals surface area contributed by atoms with Gasteiger partial charge in [0.05, 0.1) is 26.9 Å². The topological polar surface area (TPSA) is 117 Å². The van der Waals surface area contributed by atoms with Crippen molar-refractivity contribution in [1.29, 1.82) is 0 Å². The zero-order valence-electron chi connectivity index (χ0n) is 18.3. The molecule has 0 atom stereocenters. The third-order valence-electron chi connectivity index (χ3n) is 4.67. The van der Waals surface area contributed by atoms with Gasteiger partial charge in [0.2, 0.25) is 5.89 Å². The first-order valence-electron chi connectivity index (χ1n) is 10.4. The number of ether oxygens (including phenoxy) is 1. The third-order valence-corrected chi connectivity index (χ3v) is 4.67. The lowest BCUT2D eigenvalue weighted by Gasteiger charge is -2.11. The minimum atomic E-state index is -4.58. The molecule has 0 aliphatic carbocycles. The molecular formula is C21H26F3N5O4. The molecule has 2 aromatic heterocycles. The molecule has 180 valence electrons. The van der Waals surface area contributed by atoms with Crippen LogP contribution in [0.25, 0.3) is 22.4 Å². The fourth-order valence-corrected chi connectivity index (χ4v) is 3.09. The maximum Gasteiger partial charge on any atom is 0.433 e. The maximum absolute atomic E-state index is 13.2. The maximum atomic E-state index is 13.2. The summed E-state index contributed by atoms with van der Waals surface area (Å²) >= 11 is 0. The third kappa shape index (κ3) is 6.11. The summed E-state index contributed by atoms with van der Waals surface area (Å²) in [5.41, 5.74) is 7.70. The van der Waals surface area contributed by atoms with Crippen molar-refractivity contribution in [2.24, 2.45) is 5.73 Å². The zero-order valence-corrected chi connectivity index (χ0v) is 18.3. The van der Waals surface area contributed by atoms with E-state index >= 15 is 0 Å². The highest BCUT2D eigenvalue weighted by Gasteiger charge is 2.33. The van der Waals surface area contributed by atoms with Crippen LogP contribution in [-0.4, -0.2) is 36.8 Å². The van der Waals surface area contributed by atoms with Crippen LogP contribution < -0.4 is 21.4 Å². The highest BCUT2D eigenvalue weighted by molar-refractivity contribution is 5.96. The molecular weight excluding hydrogens is 443 g/mol. The average molecular weight is 469 g/mol. The number of nitrogens with two attached hydrogens (primary N) is 1. The number of halogens is 3. The summed E-state index contributed by atoms with van der Waals surface area (Å²) in [6, 6.07) is 5.44. The minimum Gasteiger partial charge on any atom is -0.494 e. The van der Waals surface area contributed by atoms with Crippen molar-refractivity contribution in [1.82, 2.24) is 15.6 Å². The van der Waals surface area contributed by atoms with E-state index in [0.717, 1.165) is 18.9 Å². The summed E-state index contributed by atoms with van der Waals surface area (Å²) in [5.74, 6) is 1.34. The molecule has 33 heavy (non-hydrogen) atoms. The van der Waals surface area contributed by atoms with Gasteiger partial charge < -0.3 is 20.2 Å². The van der Waals surface area contributed by atoms with Crippen LogP contribution in [0, 0.1) is 0 Å². The monoisotopic (exact) mass is 469 g/mol. The highest BCUT2D eigenvalue weighted by Crippen LogP contribution is 2.37. The van der Waals surface area contributed by atoms with Gasteiger partial charge in [0, 0.05) is 17.5 Å². The van der Waals surface area contributed by atoms with Crippen molar-refractivity contribution in [3.05, 3.63) is 35.7 Å². The molecule has 3 aromatic rings. The van der Waals surface area contributed by atoms with Gasteiger partial charge in [0.1, 0.15) is 17.0 Å². The van der Waals surface area contributed by atoms with E-state index in [0.29, 0.717) is 42.3 Å². The number of benzene rings is 1. The van der Waals surface area contributed by atoms with Crippen molar-refractivity contribution in [3.63, 3.8) is 0 Å². The number of aromatic nitrogens is 2. The molecule has 0 aliphatic rings. The number of oxazole rings is 1. The molecule has 9 nitrogen and oxygen atoms in total. The van der Waals surface area contributed by atoms with E-state index in [9.17, 15) is 13.2 Å². The van der Waals surface area contributed by atoms with Crippen LogP contribution in [0.15, 0.2) is 28.7 Å². The summed E-state index contributed by atoms with van der Waals surface area (Å²) < 4.78 is 50.5. The summed E-state index contributed by atoms with van der Waals surface area (Å²) in [5, 5.41) is 3.59. The molecule has 2 heterocycles. The van der Waals surface area contributed by atoms with Crippen LogP contribution in [-0.2, 0) is 22.4 Å². The van der Waals surface area contributed by atoms with Gasteiger partial charge in [-0.25, -0.2) is 4.98 Å². The Hall–Kier alpha value is -2.93. The molecule has 0 aliphatic heterocycles. The van der Waals surface area contributed by atoms with E-state index in [-0.39, 0.29) is 23.7 Å². The number of hydrogen-bond donors (Lipinski definition) is 3. The van der Waals surface area contributed by atoms with Crippen LogP contribution in [0.5, 0.6) is 5.75 Å². The zero-order chi connectivity index (χ0) is 23.8. The smallest absolute Gasteiger partial charge is 0.433 e. The van der Waals surface area contributed by atoms with Crippen molar-refractivity contribution >= 4 is 16.7 Å². The first-order valence-corrected chi connectivity index (χ1v) is 10.4. The molecule has 0 saturated carbocycles. The summed E-state index contributed by atoms with van der Waals surface area (Å²) in [4.78, 5) is 18.2. The molecule has 0 fully saturated rings. The van der Waals surface area contributed by atoms with Gasteiger partial charge in [-0.05, 0) is 44.0 Å². The Balaban J connectivity index is 1.79. The second-order valence-electron chi connectivity index (χ2n) is 6.90. The van der Waals surface area contributed by atoms with Gasteiger partial charge in [-0.3, -0.25) is 9.68 Å². The number of hydrogen-bond acceptors (Lipinski definition) is 9. The van der Waals surface area contributed by atoms with Crippen LogP contribution in [0.2, 0.25) is 0 Å². The number of fused-ring (bicyclic) bond motifs is 1. The Morgan fingerprint density at radius 2 is 1.91 bits per heavy atom. The van der Waals surface area contributed by atoms with E-state index < -0.39 is 11.9 Å². The van der Waals surface area contributed by atoms with Crippen LogP contribution in [0.1, 0.15) is 31.2 Å². The number of unbranched alkanes of at least 4 members (excludes halogenated alkanes) is 1. The fraction of sp³-hybridized carbons (Fsp3) is 0.429. The summed E-state index contributed by atoms with van der Waals surface area (Å²) in [7, 11) is 1.37. The van der Waals surface area contributed by atoms with Gasteiger partial charge in [0.25, 0.3) is 0 Å². The Morgan fingerprint density at radius 1 is 1.09 bits per heavy atom. The molecule has 0 radical (unpaired) electrons. The number of anilines is 1. The Bertz CT molecular complexity index is 1060. The Labute approximate surface area is 188 Å². The molecule has 0 bridgehead atoms. The van der Waals surface area contributed by atoms with Crippen molar-refractivity contribution in [3.8, 4) is 17.2 Å². The summed E-state index contributed by atoms with van der Waals surface area (Å²) in [6.45, 7) is 3.51.